The van der Waals surface area contributed by atoms with Crippen LogP contribution in [-0.4, -0.2) is 103 Å². The average molecular weight is 603 g/mol. The molecular formula is C35H50N6O3. The van der Waals surface area contributed by atoms with Crippen LogP contribution < -0.4 is 9.80 Å². The molecule has 0 radical (unpaired) electrons. The van der Waals surface area contributed by atoms with Crippen LogP contribution in [0.2, 0.25) is 0 Å². The standard InChI is InChI=1S/C35H50N6O3/c1-25(2)38-15-17-39(18-16-38)29-9-7-26(8-10-29)28-23-30(27-11-13-41(14-12-27)34(42)44-35(3,4)5)32-31(24-28)37(6)33(36-32)40-19-21-43-22-20-40/h7-10,23-25,27H,11-22H2,1-6H3. The molecular weight excluding hydrogens is 552 g/mol. The third kappa shape index (κ3) is 6.54. The van der Waals surface area contributed by atoms with Crippen LogP contribution in [0.3, 0.4) is 0 Å². The van der Waals surface area contributed by atoms with Crippen LogP contribution >= 0.6 is 0 Å². The average Bonchev–Trinajstić information content (AvgIpc) is 3.36. The molecule has 0 spiro atoms. The fourth-order valence-electron chi connectivity index (χ4n) is 6.89. The van der Waals surface area contributed by atoms with Gasteiger partial charge in [-0.25, -0.2) is 9.78 Å². The number of carbonyl (C=O) groups excluding carboxylic acids is 1. The molecule has 1 aromatic heterocycles. The topological polar surface area (TPSA) is 66.3 Å². The van der Waals surface area contributed by atoms with Gasteiger partial charge >= 0.3 is 6.09 Å². The van der Waals surface area contributed by atoms with Crippen molar-refractivity contribution < 1.29 is 14.3 Å². The number of piperazine rings is 1. The first kappa shape index (κ1) is 30.7. The number of ether oxygens (including phenoxy) is 2. The number of morpholine rings is 1. The summed E-state index contributed by atoms with van der Waals surface area (Å²) in [5.41, 5.74) is 6.76. The molecule has 238 valence electrons. The first-order valence-electron chi connectivity index (χ1n) is 16.5. The molecule has 2 aromatic carbocycles. The van der Waals surface area contributed by atoms with Crippen LogP contribution in [0.5, 0.6) is 0 Å². The Bertz CT molecular complexity index is 1440. The Labute approximate surface area is 262 Å². The Hall–Kier alpha value is -3.30. The number of fused-ring (bicyclic) bond motifs is 1. The zero-order valence-electron chi connectivity index (χ0n) is 27.5. The summed E-state index contributed by atoms with van der Waals surface area (Å²) in [6.45, 7) is 19.2. The number of nitrogens with zero attached hydrogens (tertiary/aromatic N) is 6. The minimum atomic E-state index is -0.490. The number of likely N-dealkylation sites (tertiary alicyclic amines) is 1. The normalized spacial score (nSPS) is 19.3. The lowest BCUT2D eigenvalue weighted by Gasteiger charge is -2.38. The molecule has 9 nitrogen and oxygen atoms in total. The Morgan fingerprint density at radius 2 is 1.55 bits per heavy atom. The Morgan fingerprint density at radius 3 is 2.16 bits per heavy atom. The van der Waals surface area contributed by atoms with Crippen molar-refractivity contribution in [1.82, 2.24) is 19.4 Å². The number of hydrogen-bond acceptors (Lipinski definition) is 7. The van der Waals surface area contributed by atoms with Crippen molar-refractivity contribution in [3.8, 4) is 11.1 Å². The van der Waals surface area contributed by atoms with Crippen molar-refractivity contribution in [3.05, 3.63) is 42.0 Å². The molecule has 1 amide bonds. The van der Waals surface area contributed by atoms with Gasteiger partial charge in [-0.1, -0.05) is 12.1 Å². The van der Waals surface area contributed by atoms with Gasteiger partial charge in [0.25, 0.3) is 0 Å². The van der Waals surface area contributed by atoms with Crippen molar-refractivity contribution in [2.45, 2.75) is 65.0 Å². The lowest BCUT2D eigenvalue weighted by molar-refractivity contribution is 0.0205. The van der Waals surface area contributed by atoms with Gasteiger partial charge in [0.1, 0.15) is 5.60 Å². The van der Waals surface area contributed by atoms with E-state index in [0.29, 0.717) is 25.0 Å². The number of benzene rings is 2. The van der Waals surface area contributed by atoms with E-state index in [4.69, 9.17) is 14.5 Å². The maximum absolute atomic E-state index is 12.8. The largest absolute Gasteiger partial charge is 0.444 e. The number of hydrogen-bond donors (Lipinski definition) is 0. The Balaban J connectivity index is 1.29. The van der Waals surface area contributed by atoms with Gasteiger partial charge in [-0.15, -0.1) is 0 Å². The van der Waals surface area contributed by atoms with Gasteiger partial charge in [0.05, 0.1) is 24.2 Å². The van der Waals surface area contributed by atoms with Crippen molar-refractivity contribution in [3.63, 3.8) is 0 Å². The first-order valence-corrected chi connectivity index (χ1v) is 16.5. The maximum Gasteiger partial charge on any atom is 0.410 e. The van der Waals surface area contributed by atoms with Crippen LogP contribution in [0.4, 0.5) is 16.4 Å². The lowest BCUT2D eigenvalue weighted by Crippen LogP contribution is -2.48. The molecule has 0 atom stereocenters. The van der Waals surface area contributed by atoms with Crippen LogP contribution in [-0.2, 0) is 16.5 Å². The van der Waals surface area contributed by atoms with E-state index in [9.17, 15) is 4.79 Å². The van der Waals surface area contributed by atoms with E-state index in [2.05, 4.69) is 76.6 Å². The molecule has 0 saturated carbocycles. The van der Waals surface area contributed by atoms with Gasteiger partial charge < -0.3 is 28.7 Å². The highest BCUT2D eigenvalue weighted by atomic mass is 16.6. The van der Waals surface area contributed by atoms with E-state index in [1.807, 2.05) is 25.7 Å². The van der Waals surface area contributed by atoms with Crippen molar-refractivity contribution in [1.29, 1.82) is 0 Å². The molecule has 0 unspecified atom stereocenters. The molecule has 0 aliphatic carbocycles. The second-order valence-electron chi connectivity index (χ2n) is 13.9. The second kappa shape index (κ2) is 12.6. The van der Waals surface area contributed by atoms with E-state index >= 15 is 0 Å². The SMILES string of the molecule is CC(C)N1CCN(c2ccc(-c3cc(C4CCN(C(=O)OC(C)(C)C)CC4)c4nc(N5CCOCC5)n(C)c4c3)cc2)CC1. The van der Waals surface area contributed by atoms with E-state index in [1.54, 1.807) is 0 Å². The van der Waals surface area contributed by atoms with Crippen molar-refractivity contribution in [2.24, 2.45) is 7.05 Å². The minimum absolute atomic E-state index is 0.215. The van der Waals surface area contributed by atoms with Crippen LogP contribution in [0.1, 0.15) is 58.9 Å². The number of carbonyl (C=O) groups is 1. The zero-order chi connectivity index (χ0) is 31.0. The quantitative estimate of drug-likeness (QED) is 0.370. The molecule has 0 bridgehead atoms. The second-order valence-corrected chi connectivity index (χ2v) is 13.9. The molecule has 6 rings (SSSR count). The lowest BCUT2D eigenvalue weighted by atomic mass is 9.86. The molecule has 4 heterocycles. The van der Waals surface area contributed by atoms with Gasteiger partial charge in [-0.05, 0) is 94.3 Å². The molecule has 9 heteroatoms. The summed E-state index contributed by atoms with van der Waals surface area (Å²) >= 11 is 0. The van der Waals surface area contributed by atoms with Crippen LogP contribution in [0, 0.1) is 0 Å². The molecule has 3 saturated heterocycles. The number of imidazole rings is 1. The van der Waals surface area contributed by atoms with Crippen LogP contribution in [0.15, 0.2) is 36.4 Å². The monoisotopic (exact) mass is 602 g/mol. The number of rotatable bonds is 5. The van der Waals surface area contributed by atoms with Gasteiger partial charge in [0.2, 0.25) is 5.95 Å². The first-order chi connectivity index (χ1) is 21.1. The van der Waals surface area contributed by atoms with E-state index in [0.717, 1.165) is 82.3 Å². The summed E-state index contributed by atoms with van der Waals surface area (Å²) in [6, 6.07) is 14.4. The fourth-order valence-corrected chi connectivity index (χ4v) is 6.89. The predicted molar refractivity (Wildman–Crippen MR) is 178 cm³/mol. The van der Waals surface area contributed by atoms with Crippen molar-refractivity contribution in [2.75, 3.05) is 75.4 Å². The highest BCUT2D eigenvalue weighted by molar-refractivity contribution is 5.88. The zero-order valence-corrected chi connectivity index (χ0v) is 27.5. The fraction of sp³-hybridized carbons (Fsp3) is 0.600. The summed E-state index contributed by atoms with van der Waals surface area (Å²) in [5.74, 6) is 1.32. The van der Waals surface area contributed by atoms with E-state index < -0.39 is 5.60 Å². The summed E-state index contributed by atoms with van der Waals surface area (Å²) in [5, 5.41) is 0. The number of aromatic nitrogens is 2. The minimum Gasteiger partial charge on any atom is -0.444 e. The molecule has 3 aliphatic heterocycles. The molecule has 44 heavy (non-hydrogen) atoms. The molecule has 0 N–H and O–H groups in total. The number of piperidine rings is 1. The number of amides is 1. The molecule has 3 aliphatic rings. The summed E-state index contributed by atoms with van der Waals surface area (Å²) < 4.78 is 13.6. The molecule has 3 fully saturated rings. The molecule has 3 aromatic rings. The summed E-state index contributed by atoms with van der Waals surface area (Å²) in [4.78, 5) is 27.3. The third-order valence-corrected chi connectivity index (χ3v) is 9.48. The van der Waals surface area contributed by atoms with Gasteiger partial charge in [0.15, 0.2) is 0 Å². The Kier molecular flexibility index (Phi) is 8.79. The number of anilines is 2. The van der Waals surface area contributed by atoms with Gasteiger partial charge in [-0.3, -0.25) is 4.90 Å². The Morgan fingerprint density at radius 1 is 0.886 bits per heavy atom. The van der Waals surface area contributed by atoms with Crippen molar-refractivity contribution >= 4 is 28.8 Å². The van der Waals surface area contributed by atoms with E-state index in [-0.39, 0.29) is 6.09 Å². The van der Waals surface area contributed by atoms with E-state index in [1.165, 1.54) is 22.4 Å². The smallest absolute Gasteiger partial charge is 0.410 e. The third-order valence-electron chi connectivity index (χ3n) is 9.48. The highest BCUT2D eigenvalue weighted by Crippen LogP contribution is 2.38. The number of aryl methyl sites for hydroxylation is 1. The summed E-state index contributed by atoms with van der Waals surface area (Å²) in [6.07, 6.45) is 1.57. The van der Waals surface area contributed by atoms with Gasteiger partial charge in [-0.2, -0.15) is 0 Å². The predicted octanol–water partition coefficient (Wildman–Crippen LogP) is 5.72. The summed E-state index contributed by atoms with van der Waals surface area (Å²) in [7, 11) is 2.14. The van der Waals surface area contributed by atoms with Crippen LogP contribution in [0.25, 0.3) is 22.2 Å². The van der Waals surface area contributed by atoms with Gasteiger partial charge in [0, 0.05) is 71.1 Å². The maximum atomic E-state index is 12.8. The highest BCUT2D eigenvalue weighted by Gasteiger charge is 2.30.